The first-order valence-corrected chi connectivity index (χ1v) is 11.1. The summed E-state index contributed by atoms with van der Waals surface area (Å²) >= 11 is 0. The third kappa shape index (κ3) is 7.01. The van der Waals surface area contributed by atoms with Gasteiger partial charge in [-0.05, 0) is 49.1 Å². The van der Waals surface area contributed by atoms with Gasteiger partial charge in [-0.1, -0.05) is 59.3 Å². The molecule has 2 aromatic rings. The summed E-state index contributed by atoms with van der Waals surface area (Å²) in [5.41, 5.74) is 6.31. The van der Waals surface area contributed by atoms with Gasteiger partial charge in [-0.2, -0.15) is 0 Å². The summed E-state index contributed by atoms with van der Waals surface area (Å²) in [6.45, 7) is 19.8. The SMILES string of the molecule is C=C(C)c1cc(NC(CCC)CCC)cc(C(=C)NCc2cnc(C(C)C)nc2)c1. The second kappa shape index (κ2) is 11.5. The third-order valence-electron chi connectivity index (χ3n) is 5.17. The molecule has 4 nitrogen and oxygen atoms in total. The summed E-state index contributed by atoms with van der Waals surface area (Å²) in [6.07, 6.45) is 8.48. The Bertz CT molecular complexity index is 831. The Hall–Kier alpha value is -2.62. The van der Waals surface area contributed by atoms with E-state index in [-0.39, 0.29) is 0 Å². The first-order valence-electron chi connectivity index (χ1n) is 11.1. The lowest BCUT2D eigenvalue weighted by Crippen LogP contribution is -2.19. The van der Waals surface area contributed by atoms with Crippen molar-refractivity contribution in [3.8, 4) is 0 Å². The van der Waals surface area contributed by atoms with Crippen molar-refractivity contribution in [1.29, 1.82) is 0 Å². The fourth-order valence-corrected chi connectivity index (χ4v) is 3.42. The fraction of sp³-hybridized carbons (Fsp3) is 0.462. The van der Waals surface area contributed by atoms with Crippen molar-refractivity contribution in [3.63, 3.8) is 0 Å². The van der Waals surface area contributed by atoms with E-state index in [1.807, 2.05) is 19.3 Å². The van der Waals surface area contributed by atoms with Gasteiger partial charge in [0.05, 0.1) is 0 Å². The summed E-state index contributed by atoms with van der Waals surface area (Å²) in [7, 11) is 0. The molecule has 0 aliphatic rings. The molecular formula is C26H38N4. The molecule has 162 valence electrons. The highest BCUT2D eigenvalue weighted by molar-refractivity contribution is 5.73. The first-order chi connectivity index (χ1) is 14.3. The van der Waals surface area contributed by atoms with Crippen LogP contribution in [0.4, 0.5) is 5.69 Å². The number of hydrogen-bond donors (Lipinski definition) is 2. The smallest absolute Gasteiger partial charge is 0.130 e. The van der Waals surface area contributed by atoms with Crippen LogP contribution in [0, 0.1) is 0 Å². The van der Waals surface area contributed by atoms with E-state index in [9.17, 15) is 0 Å². The topological polar surface area (TPSA) is 49.8 Å². The molecule has 4 heteroatoms. The summed E-state index contributed by atoms with van der Waals surface area (Å²) in [6, 6.07) is 7.01. The molecular weight excluding hydrogens is 368 g/mol. The van der Waals surface area contributed by atoms with Crippen LogP contribution >= 0.6 is 0 Å². The number of rotatable bonds is 12. The largest absolute Gasteiger partial charge is 0.382 e. The normalized spacial score (nSPS) is 11.0. The van der Waals surface area contributed by atoms with Crippen LogP contribution < -0.4 is 10.6 Å². The van der Waals surface area contributed by atoms with Gasteiger partial charge in [-0.15, -0.1) is 0 Å². The predicted octanol–water partition coefficient (Wildman–Crippen LogP) is 6.77. The average molecular weight is 407 g/mol. The van der Waals surface area contributed by atoms with Crippen molar-refractivity contribution < 1.29 is 0 Å². The van der Waals surface area contributed by atoms with Crippen LogP contribution in [0.2, 0.25) is 0 Å². The van der Waals surface area contributed by atoms with E-state index in [2.05, 4.69) is 79.7 Å². The number of aromatic nitrogens is 2. The first kappa shape index (κ1) is 23.7. The molecule has 1 heterocycles. The molecule has 1 aromatic carbocycles. The maximum atomic E-state index is 4.45. The van der Waals surface area contributed by atoms with Gasteiger partial charge >= 0.3 is 0 Å². The Morgan fingerprint density at radius 1 is 0.967 bits per heavy atom. The van der Waals surface area contributed by atoms with Gasteiger partial charge in [0.2, 0.25) is 0 Å². The molecule has 0 atom stereocenters. The van der Waals surface area contributed by atoms with Crippen molar-refractivity contribution in [2.75, 3.05) is 5.32 Å². The van der Waals surface area contributed by atoms with Crippen LogP contribution in [0.5, 0.6) is 0 Å². The lowest BCUT2D eigenvalue weighted by Gasteiger charge is -2.21. The fourth-order valence-electron chi connectivity index (χ4n) is 3.42. The highest BCUT2D eigenvalue weighted by atomic mass is 14.9. The van der Waals surface area contributed by atoms with Crippen LogP contribution in [0.1, 0.15) is 88.7 Å². The lowest BCUT2D eigenvalue weighted by molar-refractivity contribution is 0.586. The number of nitrogens with zero attached hydrogens (tertiary/aromatic N) is 2. The molecule has 2 N–H and O–H groups in total. The minimum atomic E-state index is 0.335. The molecule has 0 radical (unpaired) electrons. The maximum absolute atomic E-state index is 4.45. The van der Waals surface area contributed by atoms with Crippen LogP contribution in [-0.4, -0.2) is 16.0 Å². The van der Waals surface area contributed by atoms with E-state index in [0.29, 0.717) is 18.5 Å². The van der Waals surface area contributed by atoms with E-state index in [4.69, 9.17) is 0 Å². The van der Waals surface area contributed by atoms with E-state index in [0.717, 1.165) is 39.5 Å². The highest BCUT2D eigenvalue weighted by Gasteiger charge is 2.10. The molecule has 0 aliphatic carbocycles. The third-order valence-corrected chi connectivity index (χ3v) is 5.17. The monoisotopic (exact) mass is 406 g/mol. The molecule has 2 rings (SSSR count). The lowest BCUT2D eigenvalue weighted by atomic mass is 10.0. The molecule has 0 saturated heterocycles. The Labute approximate surface area is 182 Å². The molecule has 0 spiro atoms. The number of hydrogen-bond acceptors (Lipinski definition) is 4. The summed E-state index contributed by atoms with van der Waals surface area (Å²) in [5, 5.41) is 7.16. The second-order valence-electron chi connectivity index (χ2n) is 8.43. The van der Waals surface area contributed by atoms with Crippen LogP contribution in [0.15, 0.2) is 43.8 Å². The van der Waals surface area contributed by atoms with Crippen molar-refractivity contribution in [2.45, 2.75) is 78.8 Å². The Morgan fingerprint density at radius 2 is 1.57 bits per heavy atom. The van der Waals surface area contributed by atoms with Crippen LogP contribution in [0.25, 0.3) is 11.3 Å². The van der Waals surface area contributed by atoms with Crippen molar-refractivity contribution in [1.82, 2.24) is 15.3 Å². The van der Waals surface area contributed by atoms with Gasteiger partial charge in [-0.25, -0.2) is 9.97 Å². The molecule has 30 heavy (non-hydrogen) atoms. The maximum Gasteiger partial charge on any atom is 0.130 e. The molecule has 0 saturated carbocycles. The van der Waals surface area contributed by atoms with E-state index < -0.39 is 0 Å². The van der Waals surface area contributed by atoms with Gasteiger partial charge < -0.3 is 10.6 Å². The van der Waals surface area contributed by atoms with Gasteiger partial charge in [0, 0.05) is 47.8 Å². The Balaban J connectivity index is 2.14. The standard InChI is InChI=1S/C26H38N4/c1-8-10-24(11-9-2)30-25-13-22(18(3)4)12-23(14-25)20(7)27-15-21-16-28-26(19(5)6)29-17-21/h12-14,16-17,19,24,27,30H,3,7-11,15H2,1-2,4-6H3. The zero-order valence-electron chi connectivity index (χ0n) is 19.4. The Morgan fingerprint density at radius 3 is 2.10 bits per heavy atom. The molecule has 0 unspecified atom stereocenters. The molecule has 0 aliphatic heterocycles. The summed E-state index contributed by atoms with van der Waals surface area (Å²) in [5.74, 6) is 1.21. The molecule has 0 amide bonds. The number of allylic oxidation sites excluding steroid dienone is 1. The van der Waals surface area contributed by atoms with E-state index in [1.165, 1.54) is 25.7 Å². The zero-order valence-corrected chi connectivity index (χ0v) is 19.4. The predicted molar refractivity (Wildman–Crippen MR) is 130 cm³/mol. The van der Waals surface area contributed by atoms with Gasteiger partial charge in [0.25, 0.3) is 0 Å². The van der Waals surface area contributed by atoms with Gasteiger partial charge in [0.1, 0.15) is 5.82 Å². The van der Waals surface area contributed by atoms with Crippen LogP contribution in [-0.2, 0) is 6.54 Å². The highest BCUT2D eigenvalue weighted by Crippen LogP contribution is 2.25. The average Bonchev–Trinajstić information content (AvgIpc) is 2.72. The van der Waals surface area contributed by atoms with Crippen molar-refractivity contribution >= 4 is 17.0 Å². The minimum absolute atomic E-state index is 0.335. The number of benzene rings is 1. The van der Waals surface area contributed by atoms with Crippen LogP contribution in [0.3, 0.4) is 0 Å². The summed E-state index contributed by atoms with van der Waals surface area (Å²) in [4.78, 5) is 8.89. The second-order valence-corrected chi connectivity index (χ2v) is 8.43. The quantitative estimate of drug-likeness (QED) is 0.408. The Kier molecular flexibility index (Phi) is 9.10. The molecule has 1 aromatic heterocycles. The van der Waals surface area contributed by atoms with E-state index in [1.54, 1.807) is 0 Å². The zero-order chi connectivity index (χ0) is 22.1. The number of nitrogens with one attached hydrogen (secondary N) is 2. The van der Waals surface area contributed by atoms with Crippen molar-refractivity contribution in [2.24, 2.45) is 0 Å². The minimum Gasteiger partial charge on any atom is -0.382 e. The summed E-state index contributed by atoms with van der Waals surface area (Å²) < 4.78 is 0. The number of anilines is 1. The van der Waals surface area contributed by atoms with Gasteiger partial charge in [-0.3, -0.25) is 0 Å². The van der Waals surface area contributed by atoms with E-state index >= 15 is 0 Å². The van der Waals surface area contributed by atoms with Crippen molar-refractivity contribution in [3.05, 3.63) is 66.3 Å². The molecule has 0 bridgehead atoms. The molecule has 0 fully saturated rings. The van der Waals surface area contributed by atoms with Gasteiger partial charge in [0.15, 0.2) is 0 Å².